The van der Waals surface area contributed by atoms with E-state index in [2.05, 4.69) is 265 Å². The monoisotopic (exact) mass is 983 g/mol. The maximum Gasteiger partial charge on any atom is 0.0892 e. The summed E-state index contributed by atoms with van der Waals surface area (Å²) in [5.74, 6) is 0. The van der Waals surface area contributed by atoms with Crippen molar-refractivity contribution in [2.75, 3.05) is 0 Å². The first kappa shape index (κ1) is 43.3. The minimum atomic E-state index is -0.745. The predicted molar refractivity (Wildman–Crippen MR) is 324 cm³/mol. The SMILES string of the molecule is C1=C=C(c2ccc(-c3ccc(-c4ccc5c(c4)c4cc(-c6ccc(-c7ccc(-c8ccccc8)cc7)cc6)ccc4n5-c4ccc5c(c4)[SiH2]c4cc(-c6cccc7c6sc6ccccc67)ccc4-5)cc3)cc2)C=CC=1. The molecule has 1 aliphatic heterocycles. The van der Waals surface area contributed by atoms with Gasteiger partial charge in [-0.15, -0.1) is 11.3 Å². The molecule has 0 unspecified atom stereocenters. The maximum atomic E-state index is 3.23. The lowest BCUT2D eigenvalue weighted by Crippen LogP contribution is -2.21. The molecular formula is C72H45NSSi. The quantitative estimate of drug-likeness (QED) is 0.106. The standard InChI is InChI=1S/C72H45NSSi/c1-3-10-46(11-4-1)48-18-22-50(23-19-48)52-26-30-54(31-27-52)56-35-40-67-65(42-56)66-43-57(55-32-28-53(29-33-55)51-24-20-49(21-25-51)47-12-5-2-6-13-47)36-41-68(66)73(67)59-37-39-63-62-38-34-58(44-70(62)75-71(63)45-59)60-15-9-16-64-61-14-7-8-17-69(61)74-72(60)64/h1-5,7-12,14-45H,75H2. The lowest BCUT2D eigenvalue weighted by atomic mass is 9.96. The molecule has 1 aliphatic carbocycles. The largest absolute Gasteiger partial charge is 0.309 e. The fourth-order valence-corrected chi connectivity index (χ4v) is 15.0. The van der Waals surface area contributed by atoms with Gasteiger partial charge in [0.1, 0.15) is 0 Å². The summed E-state index contributed by atoms with van der Waals surface area (Å²) in [6.07, 6.45) is 5.97. The van der Waals surface area contributed by atoms with Gasteiger partial charge in [0, 0.05) is 42.2 Å². The van der Waals surface area contributed by atoms with E-state index in [-0.39, 0.29) is 0 Å². The molecule has 0 fully saturated rings. The first-order chi connectivity index (χ1) is 37.1. The van der Waals surface area contributed by atoms with Crippen LogP contribution in [0.5, 0.6) is 0 Å². The summed E-state index contributed by atoms with van der Waals surface area (Å²) in [7, 11) is -0.745. The van der Waals surface area contributed by atoms with E-state index in [1.807, 2.05) is 23.5 Å². The maximum absolute atomic E-state index is 3.23. The fourth-order valence-electron chi connectivity index (χ4n) is 11.7. The lowest BCUT2D eigenvalue weighted by Gasteiger charge is -2.11. The normalized spacial score (nSPS) is 12.8. The summed E-state index contributed by atoms with van der Waals surface area (Å²) < 4.78 is 5.22. The molecule has 3 heteroatoms. The second-order valence-corrected chi connectivity index (χ2v) is 22.8. The van der Waals surface area contributed by atoms with E-state index in [0.29, 0.717) is 0 Å². The Morgan fingerprint density at radius 2 is 0.840 bits per heavy atom. The fraction of sp³-hybridized carbons (Fsp3) is 0. The van der Waals surface area contributed by atoms with Crippen molar-refractivity contribution in [2.45, 2.75) is 0 Å². The molecule has 0 atom stereocenters. The van der Waals surface area contributed by atoms with Crippen LogP contribution in [0.4, 0.5) is 0 Å². The van der Waals surface area contributed by atoms with Gasteiger partial charge >= 0.3 is 0 Å². The van der Waals surface area contributed by atoms with Crippen LogP contribution in [0.25, 0.3) is 131 Å². The molecule has 1 nitrogen and oxygen atoms in total. The molecule has 11 aromatic carbocycles. The van der Waals surface area contributed by atoms with Gasteiger partial charge in [-0.3, -0.25) is 0 Å². The third kappa shape index (κ3) is 7.54. The number of aromatic nitrogens is 1. The van der Waals surface area contributed by atoms with Crippen molar-refractivity contribution < 1.29 is 0 Å². The summed E-state index contributed by atoms with van der Waals surface area (Å²) in [6, 6.07) is 90.6. The molecule has 0 N–H and O–H groups in total. The first-order valence-corrected chi connectivity index (χ1v) is 28.0. The predicted octanol–water partition coefficient (Wildman–Crippen LogP) is 17.5. The number of rotatable bonds is 8. The average molecular weight is 984 g/mol. The van der Waals surface area contributed by atoms with Gasteiger partial charge in [0.15, 0.2) is 0 Å². The van der Waals surface area contributed by atoms with Crippen LogP contribution >= 0.6 is 11.3 Å². The van der Waals surface area contributed by atoms with Gasteiger partial charge in [-0.05, 0) is 138 Å². The van der Waals surface area contributed by atoms with Crippen molar-refractivity contribution in [3.63, 3.8) is 0 Å². The molecule has 3 heterocycles. The van der Waals surface area contributed by atoms with E-state index in [1.165, 1.54) is 136 Å². The molecule has 0 amide bonds. The highest BCUT2D eigenvalue weighted by molar-refractivity contribution is 7.26. The summed E-state index contributed by atoms with van der Waals surface area (Å²) in [5, 5.41) is 8.21. The first-order valence-electron chi connectivity index (χ1n) is 25.7. The van der Waals surface area contributed by atoms with Crippen molar-refractivity contribution in [3.05, 3.63) is 278 Å². The molecule has 0 saturated heterocycles. The van der Waals surface area contributed by atoms with Crippen LogP contribution in [0.15, 0.2) is 272 Å². The van der Waals surface area contributed by atoms with Gasteiger partial charge in [-0.25, -0.2) is 0 Å². The van der Waals surface area contributed by atoms with E-state index >= 15 is 0 Å². The molecule has 2 aliphatic rings. The van der Waals surface area contributed by atoms with Crippen LogP contribution in [0.1, 0.15) is 5.56 Å². The van der Waals surface area contributed by atoms with Crippen molar-refractivity contribution in [1.82, 2.24) is 4.57 Å². The highest BCUT2D eigenvalue weighted by Gasteiger charge is 2.23. The molecule has 75 heavy (non-hydrogen) atoms. The van der Waals surface area contributed by atoms with Crippen molar-refractivity contribution in [3.8, 4) is 83.6 Å². The van der Waals surface area contributed by atoms with E-state index in [4.69, 9.17) is 0 Å². The molecule has 0 radical (unpaired) electrons. The van der Waals surface area contributed by atoms with Crippen LogP contribution in [-0.4, -0.2) is 14.1 Å². The number of fused-ring (bicyclic) bond motifs is 9. The van der Waals surface area contributed by atoms with Crippen LogP contribution in [-0.2, 0) is 0 Å². The summed E-state index contributed by atoms with van der Waals surface area (Å²) in [4.78, 5) is 0. The van der Waals surface area contributed by atoms with Crippen LogP contribution in [0.3, 0.4) is 0 Å². The number of allylic oxidation sites excluding steroid dienone is 4. The minimum absolute atomic E-state index is 0.745. The zero-order valence-electron chi connectivity index (χ0n) is 40.9. The number of thiophene rings is 1. The molecular weight excluding hydrogens is 939 g/mol. The molecule has 15 rings (SSSR count). The van der Waals surface area contributed by atoms with Crippen molar-refractivity contribution in [2.24, 2.45) is 0 Å². The smallest absolute Gasteiger partial charge is 0.0892 e. The van der Waals surface area contributed by atoms with E-state index in [9.17, 15) is 0 Å². The van der Waals surface area contributed by atoms with Gasteiger partial charge in [0.05, 0.1) is 20.6 Å². The van der Waals surface area contributed by atoms with Crippen molar-refractivity contribution >= 4 is 78.8 Å². The summed E-state index contributed by atoms with van der Waals surface area (Å²) >= 11 is 1.91. The number of hydrogen-bond acceptors (Lipinski definition) is 1. The Balaban J connectivity index is 0.791. The Hall–Kier alpha value is -9.30. The van der Waals surface area contributed by atoms with Crippen molar-refractivity contribution in [1.29, 1.82) is 0 Å². The zero-order valence-corrected chi connectivity index (χ0v) is 43.1. The molecule has 13 aromatic rings. The molecule has 2 aromatic heterocycles. The van der Waals surface area contributed by atoms with Gasteiger partial charge in [0.25, 0.3) is 0 Å². The highest BCUT2D eigenvalue weighted by Crippen LogP contribution is 2.42. The Kier molecular flexibility index (Phi) is 10.2. The summed E-state index contributed by atoms with van der Waals surface area (Å²) in [6.45, 7) is 0. The van der Waals surface area contributed by atoms with Crippen LogP contribution in [0, 0.1) is 0 Å². The van der Waals surface area contributed by atoms with Gasteiger partial charge in [-0.1, -0.05) is 228 Å². The molecule has 0 saturated carbocycles. The topological polar surface area (TPSA) is 4.93 Å². The highest BCUT2D eigenvalue weighted by atomic mass is 32.1. The Bertz CT molecular complexity index is 4580. The van der Waals surface area contributed by atoms with E-state index < -0.39 is 9.52 Å². The number of hydrogen-bond donors (Lipinski definition) is 0. The van der Waals surface area contributed by atoms with E-state index in [0.717, 1.165) is 11.1 Å². The lowest BCUT2D eigenvalue weighted by molar-refractivity contribution is 1.18. The third-order valence-corrected chi connectivity index (χ3v) is 18.7. The molecule has 348 valence electrons. The minimum Gasteiger partial charge on any atom is -0.309 e. The molecule has 0 spiro atoms. The van der Waals surface area contributed by atoms with Gasteiger partial charge in [0.2, 0.25) is 0 Å². The zero-order chi connectivity index (χ0) is 49.4. The van der Waals surface area contributed by atoms with Gasteiger partial charge < -0.3 is 4.57 Å². The summed E-state index contributed by atoms with van der Waals surface area (Å²) in [5.41, 5.74) is 29.6. The average Bonchev–Trinajstić information content (AvgIpc) is 4.20. The second-order valence-electron chi connectivity index (χ2n) is 19.9. The van der Waals surface area contributed by atoms with Gasteiger partial charge in [-0.2, -0.15) is 0 Å². The van der Waals surface area contributed by atoms with E-state index in [1.54, 1.807) is 0 Å². The second kappa shape index (κ2) is 17.7. The number of benzene rings is 11. The molecule has 0 bridgehead atoms. The number of nitrogens with zero attached hydrogens (tertiary/aromatic N) is 1. The van der Waals surface area contributed by atoms with Crippen LogP contribution < -0.4 is 10.4 Å². The Labute approximate surface area is 442 Å². The Morgan fingerprint density at radius 3 is 1.44 bits per heavy atom. The third-order valence-electron chi connectivity index (χ3n) is 15.5. The van der Waals surface area contributed by atoms with Crippen LogP contribution in [0.2, 0.25) is 0 Å². The Morgan fingerprint density at radius 1 is 0.347 bits per heavy atom.